The third kappa shape index (κ3) is 6.93. The second-order valence-electron chi connectivity index (χ2n) is 6.05. The summed E-state index contributed by atoms with van der Waals surface area (Å²) in [6.07, 6.45) is 1.49. The van der Waals surface area contributed by atoms with E-state index in [1.165, 1.54) is 18.3 Å². The van der Waals surface area contributed by atoms with Gasteiger partial charge in [-0.1, -0.05) is 28.9 Å². The summed E-state index contributed by atoms with van der Waals surface area (Å²) in [7, 11) is 0. The predicted molar refractivity (Wildman–Crippen MR) is 111 cm³/mol. The number of halogens is 2. The van der Waals surface area contributed by atoms with Gasteiger partial charge in [-0.05, 0) is 71.8 Å². The van der Waals surface area contributed by atoms with E-state index in [9.17, 15) is 9.18 Å². The molecule has 0 bridgehead atoms. The number of carbonyl (C=O) groups excluding carboxylic acids is 1. The molecule has 3 rings (SSSR count). The van der Waals surface area contributed by atoms with Crippen molar-refractivity contribution >= 4 is 29.4 Å². The fourth-order valence-electron chi connectivity index (χ4n) is 2.37. The van der Waals surface area contributed by atoms with Crippen LogP contribution in [0.4, 0.5) is 10.1 Å². The molecular weight excluding hydrogens is 395 g/mol. The molecule has 5 nitrogen and oxygen atoms in total. The van der Waals surface area contributed by atoms with Crippen LogP contribution in [0.5, 0.6) is 5.75 Å². The Morgan fingerprint density at radius 3 is 2.55 bits per heavy atom. The Balaban J connectivity index is 1.41. The topological polar surface area (TPSA) is 59.9 Å². The zero-order valence-corrected chi connectivity index (χ0v) is 16.1. The smallest absolute Gasteiger partial charge is 0.265 e. The lowest BCUT2D eigenvalue weighted by Crippen LogP contribution is -2.16. The highest BCUT2D eigenvalue weighted by molar-refractivity contribution is 6.30. The van der Waals surface area contributed by atoms with Crippen LogP contribution in [-0.2, 0) is 16.2 Å². The molecule has 0 saturated carbocycles. The van der Waals surface area contributed by atoms with Crippen molar-refractivity contribution in [2.45, 2.75) is 6.61 Å². The first-order valence-electron chi connectivity index (χ1n) is 8.76. The van der Waals surface area contributed by atoms with Crippen molar-refractivity contribution in [1.29, 1.82) is 0 Å². The van der Waals surface area contributed by atoms with Crippen LogP contribution in [0.25, 0.3) is 0 Å². The van der Waals surface area contributed by atoms with Crippen LogP contribution in [0.1, 0.15) is 11.1 Å². The highest BCUT2D eigenvalue weighted by Crippen LogP contribution is 2.15. The minimum atomic E-state index is -0.328. The molecule has 0 radical (unpaired) electrons. The maximum atomic E-state index is 13.2. The second kappa shape index (κ2) is 10.2. The zero-order valence-electron chi connectivity index (χ0n) is 15.3. The molecule has 148 valence electrons. The van der Waals surface area contributed by atoms with Gasteiger partial charge in [-0.25, -0.2) is 4.39 Å². The van der Waals surface area contributed by atoms with Crippen molar-refractivity contribution in [3.05, 3.63) is 94.8 Å². The van der Waals surface area contributed by atoms with E-state index in [1.54, 1.807) is 60.7 Å². The van der Waals surface area contributed by atoms with Gasteiger partial charge in [-0.15, -0.1) is 0 Å². The molecule has 0 aliphatic carbocycles. The third-order valence-corrected chi connectivity index (χ3v) is 4.03. The Kier molecular flexibility index (Phi) is 7.19. The molecule has 0 aromatic heterocycles. The van der Waals surface area contributed by atoms with Gasteiger partial charge >= 0.3 is 0 Å². The Bertz CT molecular complexity index is 976. The van der Waals surface area contributed by atoms with Gasteiger partial charge in [0.05, 0.1) is 6.21 Å². The molecule has 3 aromatic rings. The number of rotatable bonds is 8. The standard InChI is InChI=1S/C22H18ClFN2O3/c23-18-6-8-20(9-7-18)26-22(27)15-29-25-13-16-4-10-21(11-5-16)28-14-17-2-1-3-19(24)12-17/h1-13H,14-15H2,(H,26,27). The molecule has 0 aliphatic rings. The van der Waals surface area contributed by atoms with Crippen LogP contribution in [0, 0.1) is 5.82 Å². The van der Waals surface area contributed by atoms with Crippen LogP contribution < -0.4 is 10.1 Å². The minimum absolute atomic E-state index is 0.214. The molecule has 0 spiro atoms. The molecule has 0 atom stereocenters. The van der Waals surface area contributed by atoms with Crippen LogP contribution in [0.2, 0.25) is 5.02 Å². The number of hydrogen-bond donors (Lipinski definition) is 1. The summed E-state index contributed by atoms with van der Waals surface area (Å²) in [4.78, 5) is 16.8. The van der Waals surface area contributed by atoms with Gasteiger partial charge in [0.2, 0.25) is 0 Å². The molecule has 0 aliphatic heterocycles. The van der Waals surface area contributed by atoms with E-state index < -0.39 is 0 Å². The molecular formula is C22H18ClFN2O3. The van der Waals surface area contributed by atoms with Gasteiger partial charge < -0.3 is 14.9 Å². The number of carbonyl (C=O) groups is 1. The van der Waals surface area contributed by atoms with Gasteiger partial charge in [0, 0.05) is 10.7 Å². The Morgan fingerprint density at radius 1 is 1.07 bits per heavy atom. The van der Waals surface area contributed by atoms with E-state index in [-0.39, 0.29) is 24.9 Å². The normalized spacial score (nSPS) is 10.7. The van der Waals surface area contributed by atoms with E-state index in [1.807, 2.05) is 0 Å². The number of benzene rings is 3. The summed E-state index contributed by atoms with van der Waals surface area (Å²) >= 11 is 5.79. The number of oxime groups is 1. The van der Waals surface area contributed by atoms with E-state index in [0.717, 1.165) is 11.1 Å². The van der Waals surface area contributed by atoms with Crippen molar-refractivity contribution in [1.82, 2.24) is 0 Å². The molecule has 0 heterocycles. The Morgan fingerprint density at radius 2 is 1.83 bits per heavy atom. The largest absolute Gasteiger partial charge is 0.489 e. The van der Waals surface area contributed by atoms with Gasteiger partial charge in [0.1, 0.15) is 18.2 Å². The summed E-state index contributed by atoms with van der Waals surface area (Å²) in [5.74, 6) is 0.0275. The number of nitrogens with one attached hydrogen (secondary N) is 1. The molecule has 0 saturated heterocycles. The number of nitrogens with zero attached hydrogens (tertiary/aromatic N) is 1. The van der Waals surface area contributed by atoms with Gasteiger partial charge in [0.15, 0.2) is 6.61 Å². The van der Waals surface area contributed by atoms with Gasteiger partial charge in [-0.2, -0.15) is 0 Å². The van der Waals surface area contributed by atoms with E-state index in [2.05, 4.69) is 10.5 Å². The molecule has 1 N–H and O–H groups in total. The number of amides is 1. The Hall–Kier alpha value is -3.38. The summed E-state index contributed by atoms with van der Waals surface area (Å²) in [5.41, 5.74) is 2.16. The fraction of sp³-hybridized carbons (Fsp3) is 0.0909. The Labute approximate surface area is 172 Å². The van der Waals surface area contributed by atoms with Crippen LogP contribution >= 0.6 is 11.6 Å². The third-order valence-electron chi connectivity index (χ3n) is 3.77. The highest BCUT2D eigenvalue weighted by atomic mass is 35.5. The summed E-state index contributed by atoms with van der Waals surface area (Å²) in [6, 6.07) is 20.1. The molecule has 1 amide bonds. The van der Waals surface area contributed by atoms with Gasteiger partial charge in [0.25, 0.3) is 5.91 Å². The van der Waals surface area contributed by atoms with Crippen LogP contribution in [0.15, 0.2) is 78.0 Å². The highest BCUT2D eigenvalue weighted by Gasteiger charge is 2.02. The second-order valence-corrected chi connectivity index (χ2v) is 6.49. The minimum Gasteiger partial charge on any atom is -0.489 e. The lowest BCUT2D eigenvalue weighted by atomic mass is 10.2. The average Bonchev–Trinajstić information content (AvgIpc) is 2.72. The van der Waals surface area contributed by atoms with E-state index in [4.69, 9.17) is 21.2 Å². The number of hydrogen-bond acceptors (Lipinski definition) is 4. The first-order valence-corrected chi connectivity index (χ1v) is 9.14. The fourth-order valence-corrected chi connectivity index (χ4v) is 2.49. The molecule has 0 fully saturated rings. The monoisotopic (exact) mass is 412 g/mol. The quantitative estimate of drug-likeness (QED) is 0.416. The molecule has 29 heavy (non-hydrogen) atoms. The number of anilines is 1. The predicted octanol–water partition coefficient (Wildman–Crippen LogP) is 5.05. The summed E-state index contributed by atoms with van der Waals surface area (Å²) in [5, 5.41) is 7.04. The molecule has 3 aromatic carbocycles. The number of ether oxygens (including phenoxy) is 1. The SMILES string of the molecule is O=C(CON=Cc1ccc(OCc2cccc(F)c2)cc1)Nc1ccc(Cl)cc1. The van der Waals surface area contributed by atoms with Crippen molar-refractivity contribution in [2.75, 3.05) is 11.9 Å². The maximum Gasteiger partial charge on any atom is 0.265 e. The first kappa shape index (κ1) is 20.4. The summed E-state index contributed by atoms with van der Waals surface area (Å²) in [6.45, 7) is 0.0605. The lowest BCUT2D eigenvalue weighted by molar-refractivity contribution is -0.120. The first-order chi connectivity index (χ1) is 14.1. The van der Waals surface area contributed by atoms with E-state index in [0.29, 0.717) is 16.5 Å². The molecule has 7 heteroatoms. The lowest BCUT2D eigenvalue weighted by Gasteiger charge is -2.06. The molecule has 0 unspecified atom stereocenters. The zero-order chi connectivity index (χ0) is 20.5. The van der Waals surface area contributed by atoms with Gasteiger partial charge in [-0.3, -0.25) is 4.79 Å². The van der Waals surface area contributed by atoms with Crippen molar-refractivity contribution < 1.29 is 18.8 Å². The van der Waals surface area contributed by atoms with Crippen LogP contribution in [0.3, 0.4) is 0 Å². The van der Waals surface area contributed by atoms with Crippen molar-refractivity contribution in [3.63, 3.8) is 0 Å². The van der Waals surface area contributed by atoms with Crippen molar-refractivity contribution in [2.24, 2.45) is 5.16 Å². The van der Waals surface area contributed by atoms with Crippen LogP contribution in [-0.4, -0.2) is 18.7 Å². The summed E-state index contributed by atoms with van der Waals surface area (Å²) < 4.78 is 18.8. The average molecular weight is 413 g/mol. The maximum absolute atomic E-state index is 13.2. The van der Waals surface area contributed by atoms with E-state index >= 15 is 0 Å². The van der Waals surface area contributed by atoms with Crippen molar-refractivity contribution in [3.8, 4) is 5.75 Å².